The zero-order valence-corrected chi connectivity index (χ0v) is 14.8. The van der Waals surface area contributed by atoms with Crippen molar-refractivity contribution >= 4 is 33.7 Å². The highest BCUT2D eigenvalue weighted by Crippen LogP contribution is 2.26. The first kappa shape index (κ1) is 17.1. The van der Waals surface area contributed by atoms with E-state index >= 15 is 0 Å². The smallest absolute Gasteiger partial charge is 0.232 e. The van der Waals surface area contributed by atoms with Crippen molar-refractivity contribution in [2.45, 2.75) is 45.4 Å². The van der Waals surface area contributed by atoms with Gasteiger partial charge in [-0.2, -0.15) is 0 Å². The third-order valence-electron chi connectivity index (χ3n) is 3.05. The fraction of sp³-hybridized carbons (Fsp3) is 0.533. The van der Waals surface area contributed by atoms with Gasteiger partial charge in [-0.25, -0.2) is 9.97 Å². The largest absolute Gasteiger partial charge is 0.330 e. The zero-order chi connectivity index (χ0) is 16.2. The number of aromatic nitrogens is 2. The summed E-state index contributed by atoms with van der Waals surface area (Å²) in [6.07, 6.45) is 2.08. The number of anilines is 1. The van der Waals surface area contributed by atoms with Crippen LogP contribution in [0.2, 0.25) is 0 Å². The predicted molar refractivity (Wildman–Crippen MR) is 92.6 cm³/mol. The molecule has 3 N–H and O–H groups in total. The van der Waals surface area contributed by atoms with Crippen molar-refractivity contribution in [1.82, 2.24) is 9.97 Å². The van der Waals surface area contributed by atoms with Crippen LogP contribution >= 0.6 is 22.7 Å². The van der Waals surface area contributed by atoms with E-state index in [2.05, 4.69) is 36.1 Å². The van der Waals surface area contributed by atoms with Gasteiger partial charge in [-0.1, -0.05) is 20.8 Å². The first-order valence-electron chi connectivity index (χ1n) is 7.27. The quantitative estimate of drug-likeness (QED) is 0.848. The molecule has 0 spiro atoms. The van der Waals surface area contributed by atoms with E-state index in [-0.39, 0.29) is 17.7 Å². The molecule has 0 saturated heterocycles. The van der Waals surface area contributed by atoms with Crippen LogP contribution < -0.4 is 11.1 Å². The molecule has 5 nitrogen and oxygen atoms in total. The first-order valence-corrected chi connectivity index (χ1v) is 9.03. The number of aryl methyl sites for hydroxylation is 1. The van der Waals surface area contributed by atoms with Crippen molar-refractivity contribution in [2.75, 3.05) is 11.9 Å². The summed E-state index contributed by atoms with van der Waals surface area (Å²) in [6.45, 7) is 6.97. The number of amides is 1. The van der Waals surface area contributed by atoms with Gasteiger partial charge in [0.2, 0.25) is 5.91 Å². The molecular weight excluding hydrogens is 316 g/mol. The van der Waals surface area contributed by atoms with Gasteiger partial charge >= 0.3 is 0 Å². The van der Waals surface area contributed by atoms with Gasteiger partial charge in [-0.15, -0.1) is 22.7 Å². The van der Waals surface area contributed by atoms with Crippen LogP contribution in [0.1, 0.15) is 43.6 Å². The van der Waals surface area contributed by atoms with Crippen molar-refractivity contribution in [2.24, 2.45) is 5.73 Å². The summed E-state index contributed by atoms with van der Waals surface area (Å²) in [5.74, 6) is -0.0783. The molecule has 0 fully saturated rings. The summed E-state index contributed by atoms with van der Waals surface area (Å²) in [7, 11) is 0. The highest BCUT2D eigenvalue weighted by molar-refractivity contribution is 7.14. The Kier molecular flexibility index (Phi) is 5.66. The summed E-state index contributed by atoms with van der Waals surface area (Å²) < 4.78 is 0. The van der Waals surface area contributed by atoms with Crippen molar-refractivity contribution < 1.29 is 4.79 Å². The SMILES string of the molecule is CC(C)(C)c1csc(NC(=O)Cc2csc(CCCN)n2)n1. The molecule has 2 heterocycles. The summed E-state index contributed by atoms with van der Waals surface area (Å²) in [5.41, 5.74) is 7.28. The van der Waals surface area contributed by atoms with E-state index in [1.807, 2.05) is 10.8 Å². The molecular formula is C15H22N4OS2. The molecule has 0 aliphatic heterocycles. The van der Waals surface area contributed by atoms with Crippen molar-refractivity contribution in [3.05, 3.63) is 27.2 Å². The molecule has 0 aliphatic carbocycles. The minimum atomic E-state index is -0.0783. The summed E-state index contributed by atoms with van der Waals surface area (Å²) in [4.78, 5) is 21.0. The number of carbonyl (C=O) groups excluding carboxylic acids is 1. The van der Waals surface area contributed by atoms with Crippen LogP contribution in [0, 0.1) is 0 Å². The molecule has 0 radical (unpaired) electrons. The van der Waals surface area contributed by atoms with E-state index in [1.165, 1.54) is 11.3 Å². The maximum atomic E-state index is 12.1. The fourth-order valence-electron chi connectivity index (χ4n) is 1.80. The number of nitrogens with two attached hydrogens (primary N) is 1. The third-order valence-corrected chi connectivity index (χ3v) is 4.77. The second-order valence-corrected chi connectivity index (χ2v) is 7.94. The lowest BCUT2D eigenvalue weighted by Crippen LogP contribution is -2.16. The number of thiazole rings is 2. The Hall–Kier alpha value is -1.31. The van der Waals surface area contributed by atoms with Crippen LogP contribution in [-0.2, 0) is 23.1 Å². The number of carbonyl (C=O) groups is 1. The van der Waals surface area contributed by atoms with Crippen molar-refractivity contribution in [3.8, 4) is 0 Å². The molecule has 0 unspecified atom stereocenters. The fourth-order valence-corrected chi connectivity index (χ4v) is 3.60. The average molecular weight is 339 g/mol. The molecule has 2 aromatic rings. The highest BCUT2D eigenvalue weighted by Gasteiger charge is 2.18. The van der Waals surface area contributed by atoms with Gasteiger partial charge in [0.15, 0.2) is 5.13 Å². The van der Waals surface area contributed by atoms with Crippen molar-refractivity contribution in [1.29, 1.82) is 0 Å². The second-order valence-electron chi connectivity index (χ2n) is 6.14. The van der Waals surface area contributed by atoms with Gasteiger partial charge < -0.3 is 11.1 Å². The lowest BCUT2D eigenvalue weighted by molar-refractivity contribution is -0.115. The van der Waals surface area contributed by atoms with Crippen LogP contribution in [-0.4, -0.2) is 22.4 Å². The number of nitrogens with one attached hydrogen (secondary N) is 1. The minimum absolute atomic E-state index is 0.00765. The van der Waals surface area contributed by atoms with Gasteiger partial charge in [-0.05, 0) is 13.0 Å². The van der Waals surface area contributed by atoms with E-state index < -0.39 is 0 Å². The Labute approximate surface area is 139 Å². The van der Waals surface area contributed by atoms with E-state index in [1.54, 1.807) is 11.3 Å². The monoisotopic (exact) mass is 338 g/mol. The molecule has 1 amide bonds. The molecule has 7 heteroatoms. The molecule has 0 saturated carbocycles. The van der Waals surface area contributed by atoms with E-state index in [9.17, 15) is 4.79 Å². The van der Waals surface area contributed by atoms with Crippen LogP contribution in [0.5, 0.6) is 0 Å². The van der Waals surface area contributed by atoms with Crippen LogP contribution in [0.4, 0.5) is 5.13 Å². The summed E-state index contributed by atoms with van der Waals surface area (Å²) in [5, 5.41) is 8.46. The second kappa shape index (κ2) is 7.30. The molecule has 120 valence electrons. The van der Waals surface area contributed by atoms with Gasteiger partial charge in [0, 0.05) is 22.6 Å². The molecule has 0 aliphatic rings. The Morgan fingerprint density at radius 2 is 2.05 bits per heavy atom. The summed E-state index contributed by atoms with van der Waals surface area (Å²) >= 11 is 3.04. The van der Waals surface area contributed by atoms with Gasteiger partial charge in [0.05, 0.1) is 22.8 Å². The lowest BCUT2D eigenvalue weighted by atomic mass is 9.93. The minimum Gasteiger partial charge on any atom is -0.330 e. The van der Waals surface area contributed by atoms with Gasteiger partial charge in [0.25, 0.3) is 0 Å². The molecule has 22 heavy (non-hydrogen) atoms. The zero-order valence-electron chi connectivity index (χ0n) is 13.2. The summed E-state index contributed by atoms with van der Waals surface area (Å²) in [6, 6.07) is 0. The van der Waals surface area contributed by atoms with Crippen LogP contribution in [0.15, 0.2) is 10.8 Å². The van der Waals surface area contributed by atoms with E-state index in [0.717, 1.165) is 29.2 Å². The normalized spacial score (nSPS) is 11.6. The molecule has 0 aromatic carbocycles. The van der Waals surface area contributed by atoms with Crippen LogP contribution in [0.3, 0.4) is 0 Å². The van der Waals surface area contributed by atoms with Gasteiger partial charge in [0.1, 0.15) is 0 Å². The number of hydrogen-bond donors (Lipinski definition) is 2. The molecule has 2 aromatic heterocycles. The van der Waals surface area contributed by atoms with E-state index in [0.29, 0.717) is 11.7 Å². The van der Waals surface area contributed by atoms with Gasteiger partial charge in [-0.3, -0.25) is 4.79 Å². The molecule has 0 bridgehead atoms. The average Bonchev–Trinajstić information content (AvgIpc) is 3.05. The maximum absolute atomic E-state index is 12.1. The number of rotatable bonds is 6. The molecule has 0 atom stereocenters. The van der Waals surface area contributed by atoms with Crippen LogP contribution in [0.25, 0.3) is 0 Å². The Morgan fingerprint density at radius 1 is 1.27 bits per heavy atom. The predicted octanol–water partition coefficient (Wildman–Crippen LogP) is 2.97. The van der Waals surface area contributed by atoms with E-state index in [4.69, 9.17) is 5.73 Å². The standard InChI is InChI=1S/C15H22N4OS2/c1-15(2,3)11-9-22-14(18-11)19-12(20)7-10-8-21-13(17-10)5-4-6-16/h8-9H,4-7,16H2,1-3H3,(H,18,19,20). The number of nitrogens with zero attached hydrogens (tertiary/aromatic N) is 2. The highest BCUT2D eigenvalue weighted by atomic mass is 32.1. The first-order chi connectivity index (χ1) is 10.4. The topological polar surface area (TPSA) is 80.9 Å². The lowest BCUT2D eigenvalue weighted by Gasteiger charge is -2.14. The number of hydrogen-bond acceptors (Lipinski definition) is 6. The molecule has 2 rings (SSSR count). The Balaban J connectivity index is 1.90. The maximum Gasteiger partial charge on any atom is 0.232 e. The Bertz CT molecular complexity index is 628. The Morgan fingerprint density at radius 3 is 2.68 bits per heavy atom. The van der Waals surface area contributed by atoms with Crippen molar-refractivity contribution in [3.63, 3.8) is 0 Å². The third kappa shape index (κ3) is 4.86.